The fourth-order valence-corrected chi connectivity index (χ4v) is 4.68. The van der Waals surface area contributed by atoms with E-state index >= 15 is 0 Å². The SMILES string of the molecule is CC(C)(C)OC(=O)N1CCCN(c2ccccc2Cl)CC1.Clc1ccccc1N1CCCNCC1. The molecule has 0 aliphatic carbocycles. The first-order chi connectivity index (χ1) is 16.7. The first-order valence-corrected chi connectivity index (χ1v) is 13.2. The number of anilines is 2. The summed E-state index contributed by atoms with van der Waals surface area (Å²) < 4.78 is 5.44. The molecule has 0 bridgehead atoms. The Morgan fingerprint density at radius 2 is 1.34 bits per heavy atom. The number of nitrogens with zero attached hydrogens (tertiary/aromatic N) is 3. The number of halogens is 2. The van der Waals surface area contributed by atoms with Crippen molar-refractivity contribution in [3.05, 3.63) is 58.6 Å². The maximum Gasteiger partial charge on any atom is 0.410 e. The molecule has 0 atom stereocenters. The van der Waals surface area contributed by atoms with Crippen LogP contribution in [0.3, 0.4) is 0 Å². The summed E-state index contributed by atoms with van der Waals surface area (Å²) in [4.78, 5) is 18.5. The third-order valence-corrected chi connectivity index (χ3v) is 6.51. The summed E-state index contributed by atoms with van der Waals surface area (Å²) in [6.07, 6.45) is 1.86. The minimum Gasteiger partial charge on any atom is -0.444 e. The summed E-state index contributed by atoms with van der Waals surface area (Å²) in [5, 5.41) is 4.99. The van der Waals surface area contributed by atoms with E-state index in [1.807, 2.05) is 63.2 Å². The van der Waals surface area contributed by atoms with Gasteiger partial charge in [-0.1, -0.05) is 47.5 Å². The molecule has 0 radical (unpaired) electrons. The molecule has 1 N–H and O–H groups in total. The zero-order chi connectivity index (χ0) is 25.3. The van der Waals surface area contributed by atoms with Gasteiger partial charge in [0.1, 0.15) is 5.60 Å². The second kappa shape index (κ2) is 13.2. The molecule has 2 aliphatic heterocycles. The summed E-state index contributed by atoms with van der Waals surface area (Å²) >= 11 is 12.4. The maximum atomic E-state index is 12.1. The van der Waals surface area contributed by atoms with Gasteiger partial charge in [0.2, 0.25) is 0 Å². The van der Waals surface area contributed by atoms with E-state index in [1.54, 1.807) is 4.90 Å². The molecular formula is C27H38Cl2N4O2. The fourth-order valence-electron chi connectivity index (χ4n) is 4.17. The molecule has 192 valence electrons. The van der Waals surface area contributed by atoms with E-state index in [0.717, 1.165) is 73.7 Å². The van der Waals surface area contributed by atoms with E-state index in [-0.39, 0.29) is 6.09 Å². The molecule has 2 aromatic carbocycles. The number of ether oxygens (including phenoxy) is 1. The van der Waals surface area contributed by atoms with Crippen LogP contribution in [0.25, 0.3) is 0 Å². The average molecular weight is 522 g/mol. The highest BCUT2D eigenvalue weighted by molar-refractivity contribution is 6.33. The Morgan fingerprint density at radius 1 is 0.771 bits per heavy atom. The van der Waals surface area contributed by atoms with Gasteiger partial charge in [-0.25, -0.2) is 4.79 Å². The van der Waals surface area contributed by atoms with Gasteiger partial charge in [-0.3, -0.25) is 0 Å². The van der Waals surface area contributed by atoms with E-state index in [9.17, 15) is 4.79 Å². The summed E-state index contributed by atoms with van der Waals surface area (Å²) in [6, 6.07) is 15.9. The zero-order valence-electron chi connectivity index (χ0n) is 21.1. The number of benzene rings is 2. The Hall–Kier alpha value is -2.15. The van der Waals surface area contributed by atoms with Crippen molar-refractivity contribution in [1.82, 2.24) is 10.2 Å². The standard InChI is InChI=1S/C16H23ClN2O2.C11H15ClN2/c1-16(2,3)21-15(20)19-10-6-9-18(11-12-19)14-8-5-4-7-13(14)17;12-10-4-1-2-5-11(10)14-8-3-6-13-7-9-14/h4-5,7-8H,6,9-12H2,1-3H3;1-2,4-5,13H,3,6-9H2. The summed E-state index contributed by atoms with van der Waals surface area (Å²) in [6.45, 7) is 13.0. The van der Waals surface area contributed by atoms with Crippen molar-refractivity contribution in [1.29, 1.82) is 0 Å². The molecule has 8 heteroatoms. The lowest BCUT2D eigenvalue weighted by Gasteiger charge is -2.27. The lowest BCUT2D eigenvalue weighted by molar-refractivity contribution is 0.0263. The van der Waals surface area contributed by atoms with Crippen molar-refractivity contribution < 1.29 is 9.53 Å². The van der Waals surface area contributed by atoms with Crippen LogP contribution in [0.5, 0.6) is 0 Å². The largest absolute Gasteiger partial charge is 0.444 e. The highest BCUT2D eigenvalue weighted by Crippen LogP contribution is 2.27. The lowest BCUT2D eigenvalue weighted by Crippen LogP contribution is -2.39. The number of hydrogen-bond donors (Lipinski definition) is 1. The van der Waals surface area contributed by atoms with Crippen molar-refractivity contribution in [2.45, 2.75) is 39.2 Å². The number of para-hydroxylation sites is 2. The lowest BCUT2D eigenvalue weighted by atomic mass is 10.2. The second-order valence-electron chi connectivity index (χ2n) is 9.80. The highest BCUT2D eigenvalue weighted by Gasteiger charge is 2.25. The minimum atomic E-state index is -0.453. The van der Waals surface area contributed by atoms with Crippen LogP contribution < -0.4 is 15.1 Å². The van der Waals surface area contributed by atoms with E-state index in [4.69, 9.17) is 27.9 Å². The predicted octanol–water partition coefficient (Wildman–Crippen LogP) is 5.93. The van der Waals surface area contributed by atoms with Crippen molar-refractivity contribution in [2.24, 2.45) is 0 Å². The molecule has 2 fully saturated rings. The average Bonchev–Trinajstić information content (AvgIpc) is 3.23. The summed E-state index contributed by atoms with van der Waals surface area (Å²) in [5.41, 5.74) is 1.74. The predicted molar refractivity (Wildman–Crippen MR) is 147 cm³/mol. The number of carbonyl (C=O) groups excluding carboxylic acids is 1. The minimum absolute atomic E-state index is 0.233. The van der Waals surface area contributed by atoms with Crippen molar-refractivity contribution >= 4 is 40.7 Å². The Balaban J connectivity index is 0.000000211. The summed E-state index contributed by atoms with van der Waals surface area (Å²) in [5.74, 6) is 0. The van der Waals surface area contributed by atoms with E-state index in [2.05, 4.69) is 21.2 Å². The van der Waals surface area contributed by atoms with Gasteiger partial charge in [0, 0.05) is 45.8 Å². The molecule has 4 rings (SSSR count). The molecule has 0 aromatic heterocycles. The van der Waals surface area contributed by atoms with Crippen LogP contribution in [0, 0.1) is 0 Å². The zero-order valence-corrected chi connectivity index (χ0v) is 22.6. The van der Waals surface area contributed by atoms with E-state index < -0.39 is 5.60 Å². The normalized spacial score (nSPS) is 17.1. The third kappa shape index (κ3) is 8.78. The molecule has 6 nitrogen and oxygen atoms in total. The third-order valence-electron chi connectivity index (χ3n) is 5.87. The Kier molecular flexibility index (Phi) is 10.4. The van der Waals surface area contributed by atoms with E-state index in [0.29, 0.717) is 6.54 Å². The van der Waals surface area contributed by atoms with Gasteiger partial charge in [-0.15, -0.1) is 0 Å². The molecule has 2 heterocycles. The number of nitrogens with one attached hydrogen (secondary N) is 1. The molecule has 35 heavy (non-hydrogen) atoms. The first-order valence-electron chi connectivity index (χ1n) is 12.4. The van der Waals surface area contributed by atoms with Crippen LogP contribution in [-0.4, -0.2) is 69.0 Å². The Labute approximate surface area is 220 Å². The number of hydrogen-bond acceptors (Lipinski definition) is 5. The van der Waals surface area contributed by atoms with Gasteiger partial charge in [-0.2, -0.15) is 0 Å². The Bertz CT molecular complexity index is 943. The molecular weight excluding hydrogens is 483 g/mol. The number of rotatable bonds is 2. The molecule has 1 amide bonds. The quantitative estimate of drug-likeness (QED) is 0.531. The van der Waals surface area contributed by atoms with Crippen LogP contribution >= 0.6 is 23.2 Å². The summed E-state index contributed by atoms with van der Waals surface area (Å²) in [7, 11) is 0. The van der Waals surface area contributed by atoms with Gasteiger partial charge in [0.15, 0.2) is 0 Å². The van der Waals surface area contributed by atoms with Crippen LogP contribution in [0.4, 0.5) is 16.2 Å². The van der Waals surface area contributed by atoms with Crippen molar-refractivity contribution in [2.75, 3.05) is 62.2 Å². The molecule has 0 saturated carbocycles. The van der Waals surface area contributed by atoms with Crippen LogP contribution in [0.1, 0.15) is 33.6 Å². The highest BCUT2D eigenvalue weighted by atomic mass is 35.5. The van der Waals surface area contributed by atoms with Crippen molar-refractivity contribution in [3.8, 4) is 0 Å². The molecule has 0 unspecified atom stereocenters. The molecule has 0 spiro atoms. The fraction of sp³-hybridized carbons (Fsp3) is 0.519. The van der Waals surface area contributed by atoms with Gasteiger partial charge in [0.25, 0.3) is 0 Å². The first kappa shape index (κ1) is 27.4. The van der Waals surface area contributed by atoms with Gasteiger partial charge >= 0.3 is 6.09 Å². The monoisotopic (exact) mass is 520 g/mol. The van der Waals surface area contributed by atoms with Gasteiger partial charge in [0.05, 0.1) is 21.4 Å². The topological polar surface area (TPSA) is 48.1 Å². The number of carbonyl (C=O) groups is 1. The smallest absolute Gasteiger partial charge is 0.410 e. The second-order valence-corrected chi connectivity index (χ2v) is 10.6. The van der Waals surface area contributed by atoms with Crippen LogP contribution in [-0.2, 0) is 4.74 Å². The number of amides is 1. The molecule has 2 saturated heterocycles. The van der Waals surface area contributed by atoms with Crippen molar-refractivity contribution in [3.63, 3.8) is 0 Å². The Morgan fingerprint density at radius 3 is 1.94 bits per heavy atom. The van der Waals surface area contributed by atoms with Crippen LogP contribution in [0.2, 0.25) is 10.0 Å². The molecule has 2 aromatic rings. The van der Waals surface area contributed by atoms with Gasteiger partial charge < -0.3 is 24.8 Å². The van der Waals surface area contributed by atoms with E-state index in [1.165, 1.54) is 6.42 Å². The maximum absolute atomic E-state index is 12.1. The van der Waals surface area contributed by atoms with Crippen LogP contribution in [0.15, 0.2) is 48.5 Å². The van der Waals surface area contributed by atoms with Gasteiger partial charge in [-0.05, 0) is 64.4 Å². The molecule has 2 aliphatic rings.